The van der Waals surface area contributed by atoms with Crippen LogP contribution >= 0.6 is 0 Å². The molecule has 9 heteroatoms. The van der Waals surface area contributed by atoms with Crippen molar-refractivity contribution in [1.29, 1.82) is 0 Å². The molecule has 1 aromatic rings. The third-order valence-electron chi connectivity index (χ3n) is 2.28. The fourth-order valence-electron chi connectivity index (χ4n) is 0.997. The third kappa shape index (κ3) is 2.60. The molecule has 0 radical (unpaired) electrons. The molecule has 1 aromatic heterocycles. The molecule has 0 aliphatic carbocycles. The van der Waals surface area contributed by atoms with Crippen LogP contribution in [0.4, 0.5) is 22.0 Å². The predicted molar refractivity (Wildman–Crippen MR) is 50.6 cm³/mol. The molecule has 18 heavy (non-hydrogen) atoms. The Kier molecular flexibility index (Phi) is 3.41. The van der Waals surface area contributed by atoms with Crippen molar-refractivity contribution in [3.63, 3.8) is 0 Å². The van der Waals surface area contributed by atoms with E-state index in [0.717, 1.165) is 0 Å². The van der Waals surface area contributed by atoms with Crippen LogP contribution in [0.3, 0.4) is 0 Å². The maximum Gasteiger partial charge on any atom is 0.463 e. The summed E-state index contributed by atoms with van der Waals surface area (Å²) in [6.07, 6.45) is -5.79. The lowest BCUT2D eigenvalue weighted by molar-refractivity contribution is -0.298. The zero-order valence-electron chi connectivity index (χ0n) is 9.85. The fourth-order valence-corrected chi connectivity index (χ4v) is 0.997. The van der Waals surface area contributed by atoms with Crippen molar-refractivity contribution in [3.8, 4) is 0 Å². The topological polar surface area (TPSA) is 64.9 Å². The minimum Gasteiger partial charge on any atom is -0.332 e. The largest absolute Gasteiger partial charge is 0.463 e. The van der Waals surface area contributed by atoms with Crippen molar-refractivity contribution in [2.45, 2.75) is 38.9 Å². The number of nitrogens with two attached hydrogens (primary N) is 1. The normalized spacial score (nSPS) is 15.8. The quantitative estimate of drug-likeness (QED) is 0.841. The Balaban J connectivity index is 3.08. The first kappa shape index (κ1) is 14.8. The number of alkyl halides is 5. The van der Waals surface area contributed by atoms with Crippen LogP contribution in [0.5, 0.6) is 0 Å². The highest BCUT2D eigenvalue weighted by Gasteiger charge is 2.63. The highest BCUT2D eigenvalue weighted by molar-refractivity contribution is 5.02. The summed E-state index contributed by atoms with van der Waals surface area (Å²) in [5, 5.41) is 3.07. The molecule has 1 unspecified atom stereocenters. The van der Waals surface area contributed by atoms with Gasteiger partial charge in [-0.3, -0.25) is 0 Å². The van der Waals surface area contributed by atoms with Gasteiger partial charge in [0.2, 0.25) is 0 Å². The molecule has 1 rings (SSSR count). The molecule has 4 nitrogen and oxygen atoms in total. The molecule has 0 spiro atoms. The van der Waals surface area contributed by atoms with Crippen LogP contribution in [0.25, 0.3) is 0 Å². The smallest absolute Gasteiger partial charge is 0.332 e. The molecule has 0 aromatic carbocycles. The molecular formula is C9H12F5N3O. The molecule has 0 saturated carbocycles. The summed E-state index contributed by atoms with van der Waals surface area (Å²) in [6, 6.07) is -0.918. The Morgan fingerprint density at radius 1 is 1.11 bits per heavy atom. The number of aromatic nitrogens is 2. The number of nitrogens with zero attached hydrogens (tertiary/aromatic N) is 2. The molecule has 0 amide bonds. The van der Waals surface area contributed by atoms with E-state index in [0.29, 0.717) is 0 Å². The van der Waals surface area contributed by atoms with Gasteiger partial charge in [-0.15, -0.1) is 0 Å². The summed E-state index contributed by atoms with van der Waals surface area (Å²) in [6.45, 7) is 4.99. The van der Waals surface area contributed by atoms with E-state index in [9.17, 15) is 22.0 Å². The molecule has 0 fully saturated rings. The van der Waals surface area contributed by atoms with Gasteiger partial charge in [-0.05, 0) is 5.41 Å². The molecule has 0 bridgehead atoms. The van der Waals surface area contributed by atoms with Gasteiger partial charge < -0.3 is 10.3 Å². The predicted octanol–water partition coefficient (Wildman–Crippen LogP) is 2.77. The monoisotopic (exact) mass is 273 g/mol. The van der Waals surface area contributed by atoms with Crippen LogP contribution in [0, 0.1) is 5.41 Å². The number of halogens is 5. The molecule has 104 valence electrons. The van der Waals surface area contributed by atoms with E-state index in [2.05, 4.69) is 14.7 Å². The van der Waals surface area contributed by atoms with Gasteiger partial charge in [-0.1, -0.05) is 25.9 Å². The van der Waals surface area contributed by atoms with Crippen molar-refractivity contribution < 1.29 is 26.5 Å². The highest BCUT2D eigenvalue weighted by atomic mass is 19.4. The van der Waals surface area contributed by atoms with Crippen molar-refractivity contribution in [2.24, 2.45) is 11.1 Å². The van der Waals surface area contributed by atoms with Gasteiger partial charge in [0.1, 0.15) is 0 Å². The first-order valence-corrected chi connectivity index (χ1v) is 4.91. The second-order valence-corrected chi connectivity index (χ2v) is 4.87. The Morgan fingerprint density at radius 3 is 2.00 bits per heavy atom. The second-order valence-electron chi connectivity index (χ2n) is 4.87. The zero-order valence-corrected chi connectivity index (χ0v) is 9.85. The van der Waals surface area contributed by atoms with Crippen LogP contribution in [0.15, 0.2) is 4.52 Å². The van der Waals surface area contributed by atoms with Gasteiger partial charge in [0.15, 0.2) is 5.82 Å². The first-order chi connectivity index (χ1) is 7.87. The number of hydrogen-bond acceptors (Lipinski definition) is 4. The van der Waals surface area contributed by atoms with Crippen LogP contribution in [-0.4, -0.2) is 16.3 Å². The summed E-state index contributed by atoms with van der Waals surface area (Å²) in [7, 11) is 0. The maximum absolute atomic E-state index is 12.9. The van der Waals surface area contributed by atoms with Gasteiger partial charge in [0, 0.05) is 0 Å². The first-order valence-electron chi connectivity index (χ1n) is 4.91. The van der Waals surface area contributed by atoms with Crippen LogP contribution in [0.1, 0.15) is 38.5 Å². The van der Waals surface area contributed by atoms with Crippen LogP contribution in [-0.2, 0) is 5.92 Å². The Labute approximate surface area is 99.3 Å². The van der Waals surface area contributed by atoms with Gasteiger partial charge in [0.25, 0.3) is 0 Å². The standard InChI is InChI=1S/C9H12F5N3O/c1-7(2,3)4(15)5-16-6(18-17-5)8(10,11)9(12,13)14/h4H,15H2,1-3H3. The van der Waals surface area contributed by atoms with E-state index in [-0.39, 0.29) is 5.82 Å². The summed E-state index contributed by atoms with van der Waals surface area (Å²) in [5.41, 5.74) is 5.02. The van der Waals surface area contributed by atoms with E-state index in [1.54, 1.807) is 20.8 Å². The average Bonchev–Trinajstić information content (AvgIpc) is 2.62. The van der Waals surface area contributed by atoms with Gasteiger partial charge in [-0.25, -0.2) is 0 Å². The van der Waals surface area contributed by atoms with E-state index in [4.69, 9.17) is 5.73 Å². The van der Waals surface area contributed by atoms with Crippen molar-refractivity contribution in [3.05, 3.63) is 11.7 Å². The highest BCUT2D eigenvalue weighted by Crippen LogP contribution is 2.43. The van der Waals surface area contributed by atoms with Crippen LogP contribution in [0.2, 0.25) is 0 Å². The SMILES string of the molecule is CC(C)(C)C(N)c1noc(C(F)(F)C(F)(F)F)n1. The van der Waals surface area contributed by atoms with E-state index >= 15 is 0 Å². The van der Waals surface area contributed by atoms with E-state index in [1.807, 2.05) is 0 Å². The van der Waals surface area contributed by atoms with Crippen LogP contribution < -0.4 is 5.73 Å². The van der Waals surface area contributed by atoms with Gasteiger partial charge in [0.05, 0.1) is 6.04 Å². The molecule has 0 aliphatic rings. The lowest BCUT2D eigenvalue weighted by Gasteiger charge is -2.23. The molecule has 0 saturated heterocycles. The lowest BCUT2D eigenvalue weighted by Crippen LogP contribution is -2.34. The third-order valence-corrected chi connectivity index (χ3v) is 2.28. The van der Waals surface area contributed by atoms with E-state index in [1.165, 1.54) is 0 Å². The number of rotatable bonds is 2. The number of hydrogen-bond donors (Lipinski definition) is 1. The zero-order chi connectivity index (χ0) is 14.4. The minimum atomic E-state index is -5.79. The van der Waals surface area contributed by atoms with Gasteiger partial charge >= 0.3 is 18.0 Å². The van der Waals surface area contributed by atoms with E-state index < -0.39 is 29.4 Å². The summed E-state index contributed by atoms with van der Waals surface area (Å²) in [5.74, 6) is -7.37. The maximum atomic E-state index is 12.9. The Morgan fingerprint density at radius 2 is 1.61 bits per heavy atom. The molecular weight excluding hydrogens is 261 g/mol. The second kappa shape index (κ2) is 4.15. The summed E-state index contributed by atoms with van der Waals surface area (Å²) < 4.78 is 65.9. The Bertz CT molecular complexity index is 421. The molecule has 1 heterocycles. The van der Waals surface area contributed by atoms with Crippen molar-refractivity contribution in [2.75, 3.05) is 0 Å². The fraction of sp³-hybridized carbons (Fsp3) is 0.778. The van der Waals surface area contributed by atoms with Crippen molar-refractivity contribution in [1.82, 2.24) is 10.1 Å². The molecule has 0 aliphatic heterocycles. The molecule has 1 atom stereocenters. The molecule has 2 N–H and O–H groups in total. The lowest BCUT2D eigenvalue weighted by atomic mass is 9.87. The van der Waals surface area contributed by atoms with Crippen molar-refractivity contribution >= 4 is 0 Å². The van der Waals surface area contributed by atoms with Gasteiger partial charge in [-0.2, -0.15) is 26.9 Å². The average molecular weight is 273 g/mol. The summed E-state index contributed by atoms with van der Waals surface area (Å²) in [4.78, 5) is 3.04. The minimum absolute atomic E-state index is 0.388. The summed E-state index contributed by atoms with van der Waals surface area (Å²) >= 11 is 0. The Hall–Kier alpha value is -1.25.